The molecule has 31 heavy (non-hydrogen) atoms. The standard InChI is InChI=1S/C25H33N5O/c1-18-16-24-26-19(2)22(20(3)30(24)28-18)12-13-25(31)27-23(21-10-6-4-7-11-21)17-29-14-8-5-9-15-29/h4,6-7,10-11,16,23H,5,8-9,12-15,17H2,1-3H3,(H,27,31). The summed E-state index contributed by atoms with van der Waals surface area (Å²) in [7, 11) is 0. The van der Waals surface area contributed by atoms with E-state index in [1.54, 1.807) is 0 Å². The summed E-state index contributed by atoms with van der Waals surface area (Å²) in [6, 6.07) is 12.3. The third-order valence-corrected chi connectivity index (χ3v) is 6.31. The van der Waals surface area contributed by atoms with Crippen LogP contribution in [0.4, 0.5) is 0 Å². The Labute approximate surface area is 184 Å². The molecule has 0 radical (unpaired) electrons. The average Bonchev–Trinajstić information content (AvgIpc) is 3.15. The number of aryl methyl sites for hydroxylation is 3. The number of aromatic nitrogens is 3. The van der Waals surface area contributed by atoms with Crippen LogP contribution in [0.15, 0.2) is 36.4 Å². The number of nitrogens with one attached hydrogen (secondary N) is 1. The molecule has 1 unspecified atom stereocenters. The molecule has 1 N–H and O–H groups in total. The van der Waals surface area contributed by atoms with E-state index in [4.69, 9.17) is 0 Å². The van der Waals surface area contributed by atoms with Crippen molar-refractivity contribution in [1.29, 1.82) is 0 Å². The van der Waals surface area contributed by atoms with Crippen molar-refractivity contribution in [2.45, 2.75) is 58.9 Å². The minimum absolute atomic E-state index is 0.0170. The number of likely N-dealkylation sites (tertiary alicyclic amines) is 1. The molecule has 3 aromatic rings. The monoisotopic (exact) mass is 419 g/mol. The first-order valence-corrected chi connectivity index (χ1v) is 11.4. The Kier molecular flexibility index (Phi) is 6.66. The fourth-order valence-corrected chi connectivity index (χ4v) is 4.63. The van der Waals surface area contributed by atoms with Crippen LogP contribution in [0.2, 0.25) is 0 Å². The Hall–Kier alpha value is -2.73. The lowest BCUT2D eigenvalue weighted by atomic mass is 10.0. The van der Waals surface area contributed by atoms with Crippen molar-refractivity contribution >= 4 is 11.6 Å². The Balaban J connectivity index is 1.45. The molecule has 3 heterocycles. The fraction of sp³-hybridized carbons (Fsp3) is 0.480. The number of fused-ring (bicyclic) bond motifs is 1. The molecular weight excluding hydrogens is 386 g/mol. The lowest BCUT2D eigenvalue weighted by molar-refractivity contribution is -0.122. The number of rotatable bonds is 7. The van der Waals surface area contributed by atoms with Gasteiger partial charge < -0.3 is 10.2 Å². The quantitative estimate of drug-likeness (QED) is 0.630. The number of nitrogens with zero attached hydrogens (tertiary/aromatic N) is 4. The largest absolute Gasteiger partial charge is 0.348 e. The summed E-state index contributed by atoms with van der Waals surface area (Å²) in [5.74, 6) is 0.0846. The second-order valence-electron chi connectivity index (χ2n) is 8.71. The predicted molar refractivity (Wildman–Crippen MR) is 123 cm³/mol. The van der Waals surface area contributed by atoms with Crippen molar-refractivity contribution in [1.82, 2.24) is 24.8 Å². The highest BCUT2D eigenvalue weighted by Gasteiger charge is 2.20. The zero-order valence-electron chi connectivity index (χ0n) is 18.9. The van der Waals surface area contributed by atoms with Crippen molar-refractivity contribution < 1.29 is 4.79 Å². The number of carbonyl (C=O) groups excluding carboxylic acids is 1. The smallest absolute Gasteiger partial charge is 0.220 e. The molecule has 0 spiro atoms. The van der Waals surface area contributed by atoms with Crippen LogP contribution in [-0.4, -0.2) is 45.0 Å². The van der Waals surface area contributed by atoms with Gasteiger partial charge in [-0.25, -0.2) is 9.50 Å². The van der Waals surface area contributed by atoms with E-state index in [1.165, 1.54) is 24.8 Å². The van der Waals surface area contributed by atoms with Gasteiger partial charge in [-0.3, -0.25) is 4.79 Å². The summed E-state index contributed by atoms with van der Waals surface area (Å²) < 4.78 is 1.89. The van der Waals surface area contributed by atoms with Gasteiger partial charge in [-0.2, -0.15) is 5.10 Å². The summed E-state index contributed by atoms with van der Waals surface area (Å²) in [4.78, 5) is 20.1. The van der Waals surface area contributed by atoms with Crippen LogP contribution >= 0.6 is 0 Å². The van der Waals surface area contributed by atoms with E-state index in [9.17, 15) is 4.79 Å². The molecule has 1 aromatic carbocycles. The van der Waals surface area contributed by atoms with E-state index < -0.39 is 0 Å². The van der Waals surface area contributed by atoms with E-state index in [2.05, 4.69) is 39.4 Å². The second kappa shape index (κ2) is 9.60. The molecule has 4 rings (SSSR count). The summed E-state index contributed by atoms with van der Waals surface area (Å²) in [5.41, 5.74) is 6.14. The third kappa shape index (κ3) is 5.13. The summed E-state index contributed by atoms with van der Waals surface area (Å²) in [6.45, 7) is 9.16. The molecule has 2 aromatic heterocycles. The molecular formula is C25H33N5O. The van der Waals surface area contributed by atoms with Gasteiger partial charge in [-0.05, 0) is 64.3 Å². The number of carbonyl (C=O) groups is 1. The first kappa shape index (κ1) is 21.5. The van der Waals surface area contributed by atoms with Crippen LogP contribution in [-0.2, 0) is 11.2 Å². The van der Waals surface area contributed by atoms with E-state index in [0.29, 0.717) is 12.8 Å². The highest BCUT2D eigenvalue weighted by molar-refractivity contribution is 5.76. The summed E-state index contributed by atoms with van der Waals surface area (Å²) in [6.07, 6.45) is 4.91. The van der Waals surface area contributed by atoms with Crippen LogP contribution in [0, 0.1) is 20.8 Å². The van der Waals surface area contributed by atoms with E-state index in [0.717, 1.165) is 47.9 Å². The Morgan fingerprint density at radius 2 is 1.84 bits per heavy atom. The van der Waals surface area contributed by atoms with Crippen molar-refractivity contribution in [3.05, 3.63) is 64.6 Å². The molecule has 1 amide bonds. The number of hydrogen-bond donors (Lipinski definition) is 1. The van der Waals surface area contributed by atoms with Crippen LogP contribution in [0.1, 0.15) is 59.9 Å². The highest BCUT2D eigenvalue weighted by atomic mass is 16.1. The lowest BCUT2D eigenvalue weighted by Crippen LogP contribution is -2.40. The van der Waals surface area contributed by atoms with Crippen molar-refractivity contribution in [2.75, 3.05) is 19.6 Å². The highest BCUT2D eigenvalue weighted by Crippen LogP contribution is 2.20. The Morgan fingerprint density at radius 1 is 1.10 bits per heavy atom. The summed E-state index contributed by atoms with van der Waals surface area (Å²) in [5, 5.41) is 7.85. The van der Waals surface area contributed by atoms with Gasteiger partial charge in [0.05, 0.1) is 11.7 Å². The third-order valence-electron chi connectivity index (χ3n) is 6.31. The van der Waals surface area contributed by atoms with E-state index in [-0.39, 0.29) is 11.9 Å². The molecule has 164 valence electrons. The first-order valence-electron chi connectivity index (χ1n) is 11.4. The molecule has 1 aliphatic heterocycles. The maximum absolute atomic E-state index is 13.0. The van der Waals surface area contributed by atoms with Crippen LogP contribution in [0.5, 0.6) is 0 Å². The number of amides is 1. The second-order valence-corrected chi connectivity index (χ2v) is 8.71. The molecule has 0 saturated carbocycles. The maximum atomic E-state index is 13.0. The molecule has 6 nitrogen and oxygen atoms in total. The van der Waals surface area contributed by atoms with Gasteiger partial charge in [0.25, 0.3) is 0 Å². The molecule has 0 aliphatic carbocycles. The molecule has 6 heteroatoms. The zero-order chi connectivity index (χ0) is 21.8. The number of hydrogen-bond acceptors (Lipinski definition) is 4. The van der Waals surface area contributed by atoms with E-state index >= 15 is 0 Å². The van der Waals surface area contributed by atoms with Crippen LogP contribution < -0.4 is 5.32 Å². The maximum Gasteiger partial charge on any atom is 0.220 e. The fourth-order valence-electron chi connectivity index (χ4n) is 4.63. The van der Waals surface area contributed by atoms with Gasteiger partial charge in [0.1, 0.15) is 0 Å². The Morgan fingerprint density at radius 3 is 2.58 bits per heavy atom. The van der Waals surface area contributed by atoms with Gasteiger partial charge in [0.2, 0.25) is 5.91 Å². The predicted octanol–water partition coefficient (Wildman–Crippen LogP) is 3.93. The van der Waals surface area contributed by atoms with Gasteiger partial charge in [-0.15, -0.1) is 0 Å². The Bertz CT molecular complexity index is 1040. The SMILES string of the molecule is Cc1cc2nc(C)c(CCC(=O)NC(CN3CCCCC3)c3ccccc3)c(C)n2n1. The van der Waals surface area contributed by atoms with Gasteiger partial charge >= 0.3 is 0 Å². The minimum atomic E-state index is 0.0170. The molecule has 0 bridgehead atoms. The van der Waals surface area contributed by atoms with Crippen molar-refractivity contribution in [3.63, 3.8) is 0 Å². The minimum Gasteiger partial charge on any atom is -0.348 e. The number of benzene rings is 1. The van der Waals surface area contributed by atoms with Gasteiger partial charge in [-0.1, -0.05) is 36.8 Å². The molecule has 1 saturated heterocycles. The molecule has 1 aliphatic rings. The van der Waals surface area contributed by atoms with E-state index in [1.807, 2.05) is 42.6 Å². The van der Waals surface area contributed by atoms with Gasteiger partial charge in [0, 0.05) is 30.4 Å². The molecule has 1 atom stereocenters. The summed E-state index contributed by atoms with van der Waals surface area (Å²) >= 11 is 0. The lowest BCUT2D eigenvalue weighted by Gasteiger charge is -2.31. The topological polar surface area (TPSA) is 62.5 Å². The van der Waals surface area contributed by atoms with Crippen molar-refractivity contribution in [3.8, 4) is 0 Å². The average molecular weight is 420 g/mol. The van der Waals surface area contributed by atoms with Crippen LogP contribution in [0.25, 0.3) is 5.65 Å². The normalized spacial score (nSPS) is 15.8. The van der Waals surface area contributed by atoms with Gasteiger partial charge in [0.15, 0.2) is 5.65 Å². The zero-order valence-corrected chi connectivity index (χ0v) is 18.9. The van der Waals surface area contributed by atoms with Crippen molar-refractivity contribution in [2.24, 2.45) is 0 Å². The number of piperidine rings is 1. The molecule has 1 fully saturated rings. The first-order chi connectivity index (χ1) is 15.0. The van der Waals surface area contributed by atoms with Crippen LogP contribution in [0.3, 0.4) is 0 Å².